The topological polar surface area (TPSA) is 66.0 Å². The lowest BCUT2D eigenvalue weighted by molar-refractivity contribution is 0.417. The normalized spacial score (nSPS) is 10.9. The molecule has 0 saturated carbocycles. The van der Waals surface area contributed by atoms with Crippen LogP contribution in [0.25, 0.3) is 16.7 Å². The van der Waals surface area contributed by atoms with E-state index >= 15 is 0 Å². The molecule has 0 radical (unpaired) electrons. The fourth-order valence-electron chi connectivity index (χ4n) is 1.89. The van der Waals surface area contributed by atoms with Gasteiger partial charge in [-0.25, -0.2) is 0 Å². The molecule has 0 aliphatic rings. The van der Waals surface area contributed by atoms with Crippen LogP contribution in [0.15, 0.2) is 34.8 Å². The molecule has 20 heavy (non-hydrogen) atoms. The zero-order valence-electron chi connectivity index (χ0n) is 10.5. The van der Waals surface area contributed by atoms with Gasteiger partial charge in [0.05, 0.1) is 23.0 Å². The van der Waals surface area contributed by atoms with Crippen LogP contribution in [0.5, 0.6) is 5.75 Å². The van der Waals surface area contributed by atoms with Crippen molar-refractivity contribution in [3.63, 3.8) is 0 Å². The zero-order chi connectivity index (χ0) is 14.3. The van der Waals surface area contributed by atoms with Crippen LogP contribution in [0.1, 0.15) is 0 Å². The number of fused-ring (bicyclic) bond motifs is 1. The SMILES string of the molecule is COc1cc2nn(-c3cccc(I)c3)nc2c(Br)c1N. The third-order valence-corrected chi connectivity index (χ3v) is 4.35. The Hall–Kier alpha value is -1.35. The Bertz CT molecular complexity index is 802. The van der Waals surface area contributed by atoms with Gasteiger partial charge in [-0.05, 0) is 56.7 Å². The van der Waals surface area contributed by atoms with Crippen molar-refractivity contribution in [2.45, 2.75) is 0 Å². The summed E-state index contributed by atoms with van der Waals surface area (Å²) in [5.41, 5.74) is 8.84. The molecular weight excluding hydrogens is 435 g/mol. The maximum Gasteiger partial charge on any atom is 0.145 e. The third kappa shape index (κ3) is 2.24. The number of halogens is 2. The number of aromatic nitrogens is 3. The first-order chi connectivity index (χ1) is 9.60. The maximum atomic E-state index is 5.98. The number of ether oxygens (including phenoxy) is 1. The van der Waals surface area contributed by atoms with Gasteiger partial charge in [0.1, 0.15) is 16.8 Å². The summed E-state index contributed by atoms with van der Waals surface area (Å²) < 4.78 is 7.06. The van der Waals surface area contributed by atoms with Gasteiger partial charge in [0.2, 0.25) is 0 Å². The van der Waals surface area contributed by atoms with E-state index in [-0.39, 0.29) is 0 Å². The second-order valence-electron chi connectivity index (χ2n) is 4.14. The molecule has 1 aromatic heterocycles. The summed E-state index contributed by atoms with van der Waals surface area (Å²) >= 11 is 5.71. The van der Waals surface area contributed by atoms with Crippen molar-refractivity contribution in [2.75, 3.05) is 12.8 Å². The molecule has 2 N–H and O–H groups in total. The Balaban J connectivity index is 2.23. The minimum absolute atomic E-state index is 0.523. The lowest BCUT2D eigenvalue weighted by Gasteiger charge is -2.05. The van der Waals surface area contributed by atoms with E-state index in [1.807, 2.05) is 24.3 Å². The van der Waals surface area contributed by atoms with Gasteiger partial charge in [-0.1, -0.05) is 6.07 Å². The van der Waals surface area contributed by atoms with Crippen molar-refractivity contribution < 1.29 is 4.74 Å². The minimum atomic E-state index is 0.523. The van der Waals surface area contributed by atoms with E-state index in [0.29, 0.717) is 21.4 Å². The molecule has 0 aliphatic heterocycles. The molecule has 5 nitrogen and oxygen atoms in total. The first kappa shape index (κ1) is 13.6. The highest BCUT2D eigenvalue weighted by molar-refractivity contribution is 14.1. The van der Waals surface area contributed by atoms with E-state index < -0.39 is 0 Å². The summed E-state index contributed by atoms with van der Waals surface area (Å²) in [6, 6.07) is 9.73. The summed E-state index contributed by atoms with van der Waals surface area (Å²) in [4.78, 5) is 1.59. The summed E-state index contributed by atoms with van der Waals surface area (Å²) in [5.74, 6) is 0.582. The van der Waals surface area contributed by atoms with E-state index in [9.17, 15) is 0 Å². The van der Waals surface area contributed by atoms with Gasteiger partial charge < -0.3 is 10.5 Å². The summed E-state index contributed by atoms with van der Waals surface area (Å²) in [7, 11) is 1.58. The monoisotopic (exact) mass is 444 g/mol. The highest BCUT2D eigenvalue weighted by Gasteiger charge is 2.14. The summed E-state index contributed by atoms with van der Waals surface area (Å²) in [5, 5.41) is 8.95. The highest BCUT2D eigenvalue weighted by Crippen LogP contribution is 2.35. The number of methoxy groups -OCH3 is 1. The molecule has 7 heteroatoms. The van der Waals surface area contributed by atoms with Crippen molar-refractivity contribution in [3.8, 4) is 11.4 Å². The quantitative estimate of drug-likeness (QED) is 0.486. The predicted octanol–water partition coefficient (Wildman–Crippen LogP) is 3.38. The van der Waals surface area contributed by atoms with E-state index in [2.05, 4.69) is 48.7 Å². The summed E-state index contributed by atoms with van der Waals surface area (Å²) in [6.07, 6.45) is 0. The molecule has 0 atom stereocenters. The molecule has 2 aromatic carbocycles. The number of nitrogen functional groups attached to an aromatic ring is 1. The van der Waals surface area contributed by atoms with Crippen LogP contribution < -0.4 is 10.5 Å². The maximum absolute atomic E-state index is 5.98. The third-order valence-electron chi connectivity index (χ3n) is 2.88. The summed E-state index contributed by atoms with van der Waals surface area (Å²) in [6.45, 7) is 0. The Labute approximate surface area is 137 Å². The second-order valence-corrected chi connectivity index (χ2v) is 6.18. The Morgan fingerprint density at radius 1 is 1.30 bits per heavy atom. The molecular formula is C13H10BrIN4O. The lowest BCUT2D eigenvalue weighted by atomic mass is 10.2. The van der Waals surface area contributed by atoms with Crippen molar-refractivity contribution >= 4 is 55.2 Å². The van der Waals surface area contributed by atoms with Gasteiger partial charge in [-0.15, -0.1) is 10.2 Å². The molecule has 0 bridgehead atoms. The highest BCUT2D eigenvalue weighted by atomic mass is 127. The standard InChI is InChI=1S/C13H10BrIN4O/c1-20-10-6-9-13(11(14)12(10)16)18-19(17-9)8-4-2-3-7(15)5-8/h2-6H,16H2,1H3. The number of hydrogen-bond acceptors (Lipinski definition) is 4. The molecule has 3 rings (SSSR count). The van der Waals surface area contributed by atoms with Crippen LogP contribution >= 0.6 is 38.5 Å². The van der Waals surface area contributed by atoms with Crippen LogP contribution in [0.4, 0.5) is 5.69 Å². The zero-order valence-corrected chi connectivity index (χ0v) is 14.2. The average molecular weight is 445 g/mol. The average Bonchev–Trinajstić information content (AvgIpc) is 2.87. The van der Waals surface area contributed by atoms with Gasteiger partial charge in [0.25, 0.3) is 0 Å². The number of benzene rings is 2. The number of nitrogens with two attached hydrogens (primary N) is 1. The fraction of sp³-hybridized carbons (Fsp3) is 0.0769. The second kappa shape index (κ2) is 5.21. The molecule has 0 unspecified atom stereocenters. The number of anilines is 1. The molecule has 102 valence electrons. The molecule has 1 heterocycles. The first-order valence-electron chi connectivity index (χ1n) is 5.75. The van der Waals surface area contributed by atoms with E-state index in [1.165, 1.54) is 0 Å². The fourth-order valence-corrected chi connectivity index (χ4v) is 2.90. The molecule has 3 aromatic rings. The largest absolute Gasteiger partial charge is 0.494 e. The Kier molecular flexibility index (Phi) is 3.55. The van der Waals surface area contributed by atoms with E-state index in [1.54, 1.807) is 18.0 Å². The van der Waals surface area contributed by atoms with Gasteiger partial charge in [0.15, 0.2) is 0 Å². The lowest BCUT2D eigenvalue weighted by Crippen LogP contribution is -1.98. The van der Waals surface area contributed by atoms with Crippen LogP contribution in [-0.4, -0.2) is 22.1 Å². The van der Waals surface area contributed by atoms with Gasteiger partial charge in [-0.2, -0.15) is 4.80 Å². The molecule has 0 amide bonds. The van der Waals surface area contributed by atoms with Crippen LogP contribution in [0, 0.1) is 3.57 Å². The van der Waals surface area contributed by atoms with Crippen LogP contribution in [0.2, 0.25) is 0 Å². The molecule has 0 spiro atoms. The molecule has 0 saturated heterocycles. The number of rotatable bonds is 2. The number of hydrogen-bond donors (Lipinski definition) is 1. The van der Waals surface area contributed by atoms with Crippen LogP contribution in [-0.2, 0) is 0 Å². The van der Waals surface area contributed by atoms with Crippen molar-refractivity contribution in [1.29, 1.82) is 0 Å². The van der Waals surface area contributed by atoms with Crippen molar-refractivity contribution in [1.82, 2.24) is 15.0 Å². The van der Waals surface area contributed by atoms with Gasteiger partial charge >= 0.3 is 0 Å². The van der Waals surface area contributed by atoms with E-state index in [0.717, 1.165) is 14.8 Å². The van der Waals surface area contributed by atoms with Crippen molar-refractivity contribution in [2.24, 2.45) is 0 Å². The first-order valence-corrected chi connectivity index (χ1v) is 7.62. The Morgan fingerprint density at radius 3 is 2.80 bits per heavy atom. The Morgan fingerprint density at radius 2 is 2.10 bits per heavy atom. The molecule has 0 aliphatic carbocycles. The smallest absolute Gasteiger partial charge is 0.145 e. The van der Waals surface area contributed by atoms with E-state index in [4.69, 9.17) is 10.5 Å². The van der Waals surface area contributed by atoms with Crippen LogP contribution in [0.3, 0.4) is 0 Å². The van der Waals surface area contributed by atoms with Gasteiger partial charge in [-0.3, -0.25) is 0 Å². The van der Waals surface area contributed by atoms with Crippen molar-refractivity contribution in [3.05, 3.63) is 38.4 Å². The number of nitrogens with zero attached hydrogens (tertiary/aromatic N) is 3. The predicted molar refractivity (Wildman–Crippen MR) is 90.2 cm³/mol. The molecule has 0 fully saturated rings. The van der Waals surface area contributed by atoms with Gasteiger partial charge in [0, 0.05) is 9.64 Å². The minimum Gasteiger partial charge on any atom is -0.494 e.